The fourth-order valence-electron chi connectivity index (χ4n) is 2.18. The predicted molar refractivity (Wildman–Crippen MR) is 89.3 cm³/mol. The molecule has 0 radical (unpaired) electrons. The van der Waals surface area contributed by atoms with Crippen LogP contribution in [0.4, 0.5) is 0 Å². The molecular formula is C16H21N3O4S. The van der Waals surface area contributed by atoms with Crippen molar-refractivity contribution < 1.29 is 18.8 Å². The second-order valence-corrected chi connectivity index (χ2v) is 6.58. The lowest BCUT2D eigenvalue weighted by Gasteiger charge is -2.18. The Balaban J connectivity index is 1.87. The molecule has 2 rings (SSSR count). The number of esters is 1. The minimum atomic E-state index is -0.633. The molecule has 8 heteroatoms. The lowest BCUT2D eigenvalue weighted by atomic mass is 10.0. The standard InChI is InChI=1S/C16H21N3O4S/c1-10(2)8-12(16(21)22-3)17-13(20)4-5-14-18-15(19-23-14)11-6-7-24-9-11/h6-7,9-10,12H,4-5,8H2,1-3H3,(H,17,20)/t12-/m0/s1. The van der Waals surface area contributed by atoms with E-state index in [0.29, 0.717) is 24.6 Å². The van der Waals surface area contributed by atoms with Crippen LogP contribution in [0.25, 0.3) is 11.4 Å². The minimum absolute atomic E-state index is 0.164. The highest BCUT2D eigenvalue weighted by molar-refractivity contribution is 7.08. The van der Waals surface area contributed by atoms with Crippen LogP contribution in [-0.4, -0.2) is 35.2 Å². The van der Waals surface area contributed by atoms with Crippen molar-refractivity contribution in [2.45, 2.75) is 39.2 Å². The van der Waals surface area contributed by atoms with Gasteiger partial charge >= 0.3 is 5.97 Å². The number of carbonyl (C=O) groups is 2. The Morgan fingerprint density at radius 2 is 2.21 bits per heavy atom. The van der Waals surface area contributed by atoms with Gasteiger partial charge in [-0.05, 0) is 23.8 Å². The summed E-state index contributed by atoms with van der Waals surface area (Å²) in [7, 11) is 1.31. The van der Waals surface area contributed by atoms with E-state index >= 15 is 0 Å². The number of amides is 1. The van der Waals surface area contributed by atoms with Gasteiger partial charge in [-0.15, -0.1) is 0 Å². The van der Waals surface area contributed by atoms with Gasteiger partial charge in [0.05, 0.1) is 7.11 Å². The maximum absolute atomic E-state index is 12.1. The molecular weight excluding hydrogens is 330 g/mol. The van der Waals surface area contributed by atoms with Crippen LogP contribution in [0.2, 0.25) is 0 Å². The van der Waals surface area contributed by atoms with Crippen molar-refractivity contribution >= 4 is 23.2 Å². The average molecular weight is 351 g/mol. The molecule has 2 aromatic rings. The zero-order chi connectivity index (χ0) is 17.5. The third-order valence-corrected chi connectivity index (χ3v) is 4.02. The highest BCUT2D eigenvalue weighted by Gasteiger charge is 2.22. The molecule has 1 atom stereocenters. The van der Waals surface area contributed by atoms with Crippen LogP contribution >= 0.6 is 11.3 Å². The van der Waals surface area contributed by atoms with Gasteiger partial charge in [0, 0.05) is 23.8 Å². The Morgan fingerprint density at radius 1 is 1.42 bits per heavy atom. The van der Waals surface area contributed by atoms with E-state index in [4.69, 9.17) is 9.26 Å². The lowest BCUT2D eigenvalue weighted by Crippen LogP contribution is -2.42. The highest BCUT2D eigenvalue weighted by atomic mass is 32.1. The van der Waals surface area contributed by atoms with Gasteiger partial charge in [-0.3, -0.25) is 4.79 Å². The summed E-state index contributed by atoms with van der Waals surface area (Å²) in [4.78, 5) is 28.0. The molecule has 0 aliphatic rings. The van der Waals surface area contributed by atoms with E-state index < -0.39 is 12.0 Å². The van der Waals surface area contributed by atoms with E-state index in [2.05, 4.69) is 15.5 Å². The number of carbonyl (C=O) groups excluding carboxylic acids is 2. The first-order chi connectivity index (χ1) is 11.5. The van der Waals surface area contributed by atoms with Gasteiger partial charge in [-0.25, -0.2) is 4.79 Å². The SMILES string of the molecule is COC(=O)[C@H](CC(C)C)NC(=O)CCc1nc(-c2ccsc2)no1. The minimum Gasteiger partial charge on any atom is -0.467 e. The van der Waals surface area contributed by atoms with E-state index in [1.165, 1.54) is 7.11 Å². The zero-order valence-electron chi connectivity index (χ0n) is 13.9. The van der Waals surface area contributed by atoms with Crippen LogP contribution < -0.4 is 5.32 Å². The van der Waals surface area contributed by atoms with Gasteiger partial charge < -0.3 is 14.6 Å². The van der Waals surface area contributed by atoms with Crippen LogP contribution in [-0.2, 0) is 20.7 Å². The Kier molecular flexibility index (Phi) is 6.48. The normalized spacial score (nSPS) is 12.2. The fourth-order valence-corrected chi connectivity index (χ4v) is 2.81. The number of thiophene rings is 1. The summed E-state index contributed by atoms with van der Waals surface area (Å²) in [6.45, 7) is 3.96. The second-order valence-electron chi connectivity index (χ2n) is 5.80. The number of hydrogen-bond donors (Lipinski definition) is 1. The molecule has 0 saturated carbocycles. The summed E-state index contributed by atoms with van der Waals surface area (Å²) in [6.07, 6.45) is 1.01. The van der Waals surface area contributed by atoms with Crippen molar-refractivity contribution in [1.29, 1.82) is 0 Å². The molecule has 0 aliphatic heterocycles. The van der Waals surface area contributed by atoms with Gasteiger partial charge in [0.25, 0.3) is 0 Å². The predicted octanol–water partition coefficient (Wildman–Crippen LogP) is 2.43. The molecule has 0 aliphatic carbocycles. The third-order valence-electron chi connectivity index (χ3n) is 3.34. The van der Waals surface area contributed by atoms with Crippen LogP contribution in [0, 0.1) is 5.92 Å². The van der Waals surface area contributed by atoms with Crippen LogP contribution in [0.1, 0.15) is 32.6 Å². The molecule has 2 aromatic heterocycles. The Labute approximate surface area is 144 Å². The first kappa shape index (κ1) is 18.1. The maximum Gasteiger partial charge on any atom is 0.328 e. The summed E-state index contributed by atoms with van der Waals surface area (Å²) in [5.41, 5.74) is 0.891. The number of aromatic nitrogens is 2. The number of methoxy groups -OCH3 is 1. The van der Waals surface area contributed by atoms with E-state index in [1.807, 2.05) is 30.7 Å². The van der Waals surface area contributed by atoms with Gasteiger partial charge in [-0.2, -0.15) is 16.3 Å². The molecule has 0 saturated heterocycles. The van der Waals surface area contributed by atoms with Gasteiger partial charge in [0.2, 0.25) is 17.6 Å². The fraction of sp³-hybridized carbons (Fsp3) is 0.500. The molecule has 0 unspecified atom stereocenters. The quantitative estimate of drug-likeness (QED) is 0.734. The molecule has 0 spiro atoms. The molecule has 7 nitrogen and oxygen atoms in total. The molecule has 1 N–H and O–H groups in total. The summed E-state index contributed by atoms with van der Waals surface area (Å²) in [6, 6.07) is 1.27. The number of nitrogens with one attached hydrogen (secondary N) is 1. The first-order valence-electron chi connectivity index (χ1n) is 7.72. The van der Waals surface area contributed by atoms with Crippen molar-refractivity contribution in [1.82, 2.24) is 15.5 Å². The highest BCUT2D eigenvalue weighted by Crippen LogP contribution is 2.19. The van der Waals surface area contributed by atoms with Crippen LogP contribution in [0.5, 0.6) is 0 Å². The number of rotatable bonds is 8. The van der Waals surface area contributed by atoms with Crippen LogP contribution in [0.15, 0.2) is 21.3 Å². The lowest BCUT2D eigenvalue weighted by molar-refractivity contribution is -0.145. The van der Waals surface area contributed by atoms with E-state index in [-0.39, 0.29) is 18.2 Å². The molecule has 0 bridgehead atoms. The largest absolute Gasteiger partial charge is 0.467 e. The van der Waals surface area contributed by atoms with Crippen molar-refractivity contribution in [2.24, 2.45) is 5.92 Å². The summed E-state index contributed by atoms with van der Waals surface area (Å²) < 4.78 is 9.88. The third kappa shape index (κ3) is 5.16. The van der Waals surface area contributed by atoms with Gasteiger partial charge in [0.15, 0.2) is 0 Å². The molecule has 0 aromatic carbocycles. The van der Waals surface area contributed by atoms with Gasteiger partial charge in [-0.1, -0.05) is 19.0 Å². The number of aryl methyl sites for hydroxylation is 1. The summed E-state index contributed by atoms with van der Waals surface area (Å²) in [5, 5.41) is 10.5. The smallest absolute Gasteiger partial charge is 0.328 e. The summed E-state index contributed by atoms with van der Waals surface area (Å²) in [5.74, 6) is 0.484. The van der Waals surface area contributed by atoms with E-state index in [1.54, 1.807) is 11.3 Å². The number of hydrogen-bond acceptors (Lipinski definition) is 7. The van der Waals surface area contributed by atoms with Gasteiger partial charge in [0.1, 0.15) is 6.04 Å². The Morgan fingerprint density at radius 3 is 2.83 bits per heavy atom. The van der Waals surface area contributed by atoms with Crippen molar-refractivity contribution in [2.75, 3.05) is 7.11 Å². The summed E-state index contributed by atoms with van der Waals surface area (Å²) >= 11 is 1.55. The molecule has 0 fully saturated rings. The monoisotopic (exact) mass is 351 g/mol. The molecule has 2 heterocycles. The second kappa shape index (κ2) is 8.58. The van der Waals surface area contributed by atoms with Crippen molar-refractivity contribution in [3.63, 3.8) is 0 Å². The van der Waals surface area contributed by atoms with Crippen molar-refractivity contribution in [3.05, 3.63) is 22.7 Å². The average Bonchev–Trinajstić information content (AvgIpc) is 3.21. The molecule has 1 amide bonds. The Hall–Kier alpha value is -2.22. The maximum atomic E-state index is 12.1. The van der Waals surface area contributed by atoms with E-state index in [9.17, 15) is 9.59 Å². The number of nitrogens with zero attached hydrogens (tertiary/aromatic N) is 2. The first-order valence-corrected chi connectivity index (χ1v) is 8.66. The Bertz CT molecular complexity index is 667. The topological polar surface area (TPSA) is 94.3 Å². The number of ether oxygens (including phenoxy) is 1. The molecule has 24 heavy (non-hydrogen) atoms. The zero-order valence-corrected chi connectivity index (χ0v) is 14.8. The van der Waals surface area contributed by atoms with Crippen molar-refractivity contribution in [3.8, 4) is 11.4 Å². The molecule has 130 valence electrons. The van der Waals surface area contributed by atoms with Crippen LogP contribution in [0.3, 0.4) is 0 Å². The van der Waals surface area contributed by atoms with E-state index in [0.717, 1.165) is 5.56 Å².